The van der Waals surface area contributed by atoms with E-state index in [-0.39, 0.29) is 67.5 Å². The molecule has 1 aliphatic rings. The summed E-state index contributed by atoms with van der Waals surface area (Å²) >= 11 is 0. The summed E-state index contributed by atoms with van der Waals surface area (Å²) in [7, 11) is 0. The van der Waals surface area contributed by atoms with Crippen LogP contribution in [0, 0.1) is 326 Å². The highest BCUT2D eigenvalue weighted by Crippen LogP contribution is 2.58. The minimum atomic E-state index is -2.52. The van der Waals surface area contributed by atoms with Gasteiger partial charge in [-0.3, -0.25) is 0 Å². The summed E-state index contributed by atoms with van der Waals surface area (Å²) in [5.41, 5.74) is -26.2. The van der Waals surface area contributed by atoms with Gasteiger partial charge < -0.3 is 9.69 Å². The van der Waals surface area contributed by atoms with Crippen molar-refractivity contribution in [3.05, 3.63) is 285 Å². The van der Waals surface area contributed by atoms with Crippen LogP contribution in [0.4, 0.5) is 114 Å². The average Bonchev–Trinajstić information content (AvgIpc) is 1.49. The Bertz CT molecular complexity index is 7170. The third-order valence-corrected chi connectivity index (χ3v) is 16.1. The van der Waals surface area contributed by atoms with E-state index in [2.05, 4.69) is 59.0 Å². The second kappa shape index (κ2) is 35.3. The van der Waals surface area contributed by atoms with Crippen LogP contribution in [-0.2, 0) is 0 Å². The molecule has 7 aromatic carbocycles. The van der Waals surface area contributed by atoms with Gasteiger partial charge in [0.05, 0.1) is 67.4 Å². The van der Waals surface area contributed by atoms with E-state index in [1.807, 2.05) is 0 Å². The number of aromatic nitrogens is 6. The molecule has 588 valence electrons. The van der Waals surface area contributed by atoms with Crippen molar-refractivity contribution in [2.24, 2.45) is 0 Å². The van der Waals surface area contributed by atoms with Crippen LogP contribution < -0.4 is 20.9 Å². The normalized spacial score (nSPS) is 11.6. The number of nitriles is 14. The number of benzene rings is 7. The molecule has 10 aromatic rings. The molecule has 0 spiro atoms. The van der Waals surface area contributed by atoms with Gasteiger partial charge in [-0.1, -0.05) is 13.1 Å². The minimum Gasteiger partial charge on any atom is -0.358 e. The molecule has 124 heavy (non-hydrogen) atoms. The van der Waals surface area contributed by atoms with Crippen LogP contribution in [-0.4, -0.2) is 29.9 Å². The van der Waals surface area contributed by atoms with Crippen LogP contribution in [0.5, 0.6) is 0 Å². The Hall–Kier alpha value is -20.2. The van der Waals surface area contributed by atoms with E-state index >= 15 is 26.3 Å². The van der Waals surface area contributed by atoms with Crippen LogP contribution in [0.1, 0.15) is 50.6 Å². The molecule has 0 aliphatic heterocycles. The first-order chi connectivity index (χ1) is 58.9. The maximum Gasteiger partial charge on any atom is 0.532 e. The van der Waals surface area contributed by atoms with Crippen molar-refractivity contribution in [3.63, 3.8) is 0 Å². The molecule has 0 amide bonds. The lowest BCUT2D eigenvalue weighted by molar-refractivity contribution is 0.434. The standard InChI is InChI=1S/C30F12N6.C18N12.C16F6N4.C12F4N4/c1-47-29(16-25(39)19(33)10(6-46)20(34)26(16)40)15-11(7(3-43)13-21(35)17(31)9(5-45)18(32)22(13)36)12(15)8(4-44)14-23(37)27(41)30(48-2)28(42)24(14)38;1-23-17-9(5-21)27-13-11-12(26-8(4-20)7(3-19)25-11)14-16(15(13)29-17)30-18(24-2)10(6-22)28-14;1-25-16(26-2)9-11(18)8-7(14(21)15(9)22)10(17)6(5(3-23)4-24)12(19)13(8)20;13-9-7(5(1-17)2-18)10(14)12(16)8(11(9)15)6(3-19)4-20. The van der Waals surface area contributed by atoms with Crippen molar-refractivity contribution < 1.29 is 96.6 Å². The van der Waals surface area contributed by atoms with Gasteiger partial charge in [-0.05, 0) is 16.7 Å². The van der Waals surface area contributed by atoms with E-state index in [9.17, 15) is 102 Å². The lowest BCUT2D eigenvalue weighted by Gasteiger charge is -2.08. The smallest absolute Gasteiger partial charge is 0.358 e. The zero-order valence-electron chi connectivity index (χ0n) is 57.9. The summed E-state index contributed by atoms with van der Waals surface area (Å²) in [5, 5.41) is 116. The first-order valence-electron chi connectivity index (χ1n) is 30.4. The van der Waals surface area contributed by atoms with Gasteiger partial charge in [-0.25, -0.2) is 126 Å². The van der Waals surface area contributed by atoms with Gasteiger partial charge >= 0.3 is 17.5 Å². The Morgan fingerprint density at radius 2 is 0.508 bits per heavy atom. The largest absolute Gasteiger partial charge is 0.532 e. The molecule has 11 rings (SSSR count). The van der Waals surface area contributed by atoms with Gasteiger partial charge in [0.2, 0.25) is 16.7 Å². The maximum atomic E-state index is 15.0. The SMILES string of the molecule is N#CC(C#N)=c1c(F)c(F)c(=C(C#N)C#N)c(F)c1F.[C-]#[N+]C(=C1C(=C(C#N)c2c(F)c(F)c(C#N)c(F)c2F)C1=C(C#N)c1c(F)c(F)c([N+]#[C-])c(F)c1F)c1c(F)c(F)c(C#N)c(F)c1F.[C-]#[N+]C([N+]#[C-])=c1c(F)c(F)c2c(F)c(=C(C#N)C#N)c(F)c(F)c2c1F.[C-]#[N+]c1nc2c(nc1C#N)c1nc(C#N)c(C#N)nc1c1nc(C#N)c([N+]#[C-])nc12. The number of nitrogens with zero attached hydrogens (tertiary/aromatic N) is 26. The van der Waals surface area contributed by atoms with Crippen molar-refractivity contribution in [2.45, 2.75) is 0 Å². The summed E-state index contributed by atoms with van der Waals surface area (Å²) in [5.74, 6) is -52.7. The fourth-order valence-corrected chi connectivity index (χ4v) is 10.7. The molecule has 0 N–H and O–H groups in total. The second-order valence-electron chi connectivity index (χ2n) is 22.1. The highest BCUT2D eigenvalue weighted by molar-refractivity contribution is 6.19. The lowest BCUT2D eigenvalue weighted by Crippen LogP contribution is -2.31. The Morgan fingerprint density at radius 3 is 0.774 bits per heavy atom. The number of hydrogen-bond donors (Lipinski definition) is 0. The fraction of sp³-hybridized carbons (Fsp3) is 0. The average molecular weight is 1690 g/mol. The predicted octanol–water partition coefficient (Wildman–Crippen LogP) is 13.8. The molecule has 26 nitrogen and oxygen atoms in total. The zero-order valence-corrected chi connectivity index (χ0v) is 57.9. The Balaban J connectivity index is 0.000000217. The Kier molecular flexibility index (Phi) is 25.4. The van der Waals surface area contributed by atoms with Crippen molar-refractivity contribution >= 4 is 101 Å². The number of rotatable bonds is 3. The summed E-state index contributed by atoms with van der Waals surface area (Å²) in [6.07, 6.45) is 0. The summed E-state index contributed by atoms with van der Waals surface area (Å²) in [4.78, 5) is 40.9. The lowest BCUT2D eigenvalue weighted by atomic mass is 9.99. The third-order valence-electron chi connectivity index (χ3n) is 16.1. The maximum absolute atomic E-state index is 15.0. The molecule has 0 radical (unpaired) electrons. The van der Waals surface area contributed by atoms with Gasteiger partial charge in [0.15, 0.2) is 139 Å². The first-order valence-corrected chi connectivity index (χ1v) is 30.4. The van der Waals surface area contributed by atoms with Gasteiger partial charge in [-0.15, -0.1) is 9.97 Å². The topological polar surface area (TPSA) is 437 Å². The predicted molar refractivity (Wildman–Crippen MR) is 359 cm³/mol. The number of fused-ring (bicyclic) bond motifs is 7. The monoisotopic (exact) mass is 1690 g/mol. The van der Waals surface area contributed by atoms with Crippen molar-refractivity contribution in [2.75, 3.05) is 0 Å². The van der Waals surface area contributed by atoms with Gasteiger partial charge in [-0.2, -0.15) is 83.4 Å². The summed E-state index contributed by atoms with van der Waals surface area (Å²) in [6, 6.07) is 17.0. The second-order valence-corrected chi connectivity index (χ2v) is 22.1. The van der Waals surface area contributed by atoms with Crippen molar-refractivity contribution in [1.82, 2.24) is 29.9 Å². The van der Waals surface area contributed by atoms with Crippen LogP contribution >= 0.6 is 0 Å². The van der Waals surface area contributed by atoms with Crippen molar-refractivity contribution in [1.29, 1.82) is 73.7 Å². The highest BCUT2D eigenvalue weighted by atomic mass is 19.2. The molecule has 1 fully saturated rings. The molecule has 0 saturated heterocycles. The Labute approximate surface area is 668 Å². The quantitative estimate of drug-likeness (QED) is 0.0521. The Morgan fingerprint density at radius 1 is 0.242 bits per heavy atom. The summed E-state index contributed by atoms with van der Waals surface area (Å²) < 4.78 is 317. The number of hydrogen-bond acceptors (Lipinski definition) is 20. The van der Waals surface area contributed by atoms with E-state index < -0.39 is 249 Å². The van der Waals surface area contributed by atoms with Crippen LogP contribution in [0.25, 0.3) is 112 Å². The molecule has 1 saturated carbocycles. The molecule has 0 bridgehead atoms. The van der Waals surface area contributed by atoms with Gasteiger partial charge in [0, 0.05) is 0 Å². The van der Waals surface area contributed by atoms with Gasteiger partial charge in [0.1, 0.15) is 165 Å². The van der Waals surface area contributed by atoms with Crippen LogP contribution in [0.3, 0.4) is 0 Å². The zero-order chi connectivity index (χ0) is 92.7. The molecule has 3 aromatic heterocycles. The molecule has 3 heterocycles. The minimum absolute atomic E-state index is 0.00714. The first kappa shape index (κ1) is 89.3. The molecular formula is C76F22N26. The molecule has 48 heteroatoms. The molecule has 0 atom stereocenters. The fourth-order valence-electron chi connectivity index (χ4n) is 10.7. The molecular weight excluding hydrogens is 1690 g/mol. The van der Waals surface area contributed by atoms with E-state index in [4.69, 9.17) is 81.5 Å². The van der Waals surface area contributed by atoms with Crippen molar-refractivity contribution in [3.8, 4) is 85.0 Å². The van der Waals surface area contributed by atoms with E-state index in [1.165, 1.54) is 0 Å². The van der Waals surface area contributed by atoms with E-state index in [0.717, 1.165) is 60.7 Å². The number of allylic oxidation sites excluding steroid dienone is 5. The van der Waals surface area contributed by atoms with E-state index in [1.54, 1.807) is 24.3 Å². The van der Waals surface area contributed by atoms with Crippen LogP contribution in [0.2, 0.25) is 0 Å². The van der Waals surface area contributed by atoms with E-state index in [0.29, 0.717) is 0 Å². The molecule has 0 unspecified atom stereocenters. The van der Waals surface area contributed by atoms with Gasteiger partial charge in [0.25, 0.3) is 5.69 Å². The van der Waals surface area contributed by atoms with Crippen LogP contribution in [0.15, 0.2) is 16.7 Å². The highest BCUT2D eigenvalue weighted by Gasteiger charge is 2.47. The molecule has 1 aliphatic carbocycles. The summed E-state index contributed by atoms with van der Waals surface area (Å²) in [6.45, 7) is 41.9. The number of halogens is 22. The third kappa shape index (κ3) is 14.2.